The minimum Gasteiger partial charge on any atom is -0.386 e. The number of methoxy groups -OCH3 is 2. The summed E-state index contributed by atoms with van der Waals surface area (Å²) in [6, 6.07) is 0. The van der Waals surface area contributed by atoms with Gasteiger partial charge in [-0.05, 0) is 38.2 Å². The molecule has 0 heterocycles. The first-order valence-corrected chi connectivity index (χ1v) is 6.57. The van der Waals surface area contributed by atoms with E-state index in [9.17, 15) is 5.11 Å². The van der Waals surface area contributed by atoms with Crippen LogP contribution in [-0.4, -0.2) is 31.2 Å². The second-order valence-corrected chi connectivity index (χ2v) is 5.06. The summed E-state index contributed by atoms with van der Waals surface area (Å²) in [6.45, 7) is 1.87. The molecule has 3 nitrogen and oxygen atoms in total. The largest absolute Gasteiger partial charge is 0.386 e. The second kappa shape index (κ2) is 7.14. The van der Waals surface area contributed by atoms with Gasteiger partial charge in [-0.15, -0.1) is 0 Å². The molecule has 100 valence electrons. The third-order valence-electron chi connectivity index (χ3n) is 3.57. The minimum atomic E-state index is -0.811. The lowest BCUT2D eigenvalue weighted by atomic mass is 9.85. The average molecular weight is 242 g/mol. The Morgan fingerprint density at radius 3 is 2.53 bits per heavy atom. The van der Waals surface area contributed by atoms with E-state index >= 15 is 0 Å². The summed E-state index contributed by atoms with van der Waals surface area (Å²) in [5.74, 6) is 0. The highest BCUT2D eigenvalue weighted by molar-refractivity contribution is 5.16. The topological polar surface area (TPSA) is 38.7 Å². The number of ether oxygens (including phenoxy) is 2. The summed E-state index contributed by atoms with van der Waals surface area (Å²) in [5.41, 5.74) is 0.338. The second-order valence-electron chi connectivity index (χ2n) is 5.06. The van der Waals surface area contributed by atoms with E-state index < -0.39 is 5.60 Å². The van der Waals surface area contributed by atoms with Gasteiger partial charge in [-0.3, -0.25) is 0 Å². The highest BCUT2D eigenvalue weighted by atomic mass is 16.7. The molecule has 1 atom stereocenters. The highest BCUT2D eigenvalue weighted by Crippen LogP contribution is 2.30. The molecule has 0 bridgehead atoms. The van der Waals surface area contributed by atoms with Crippen LogP contribution in [0.5, 0.6) is 0 Å². The third-order valence-corrected chi connectivity index (χ3v) is 3.57. The van der Waals surface area contributed by atoms with E-state index in [4.69, 9.17) is 9.47 Å². The third kappa shape index (κ3) is 4.78. The zero-order chi connectivity index (χ0) is 12.7. The molecule has 0 aromatic heterocycles. The molecule has 0 aromatic rings. The SMILES string of the molecule is COC(CC(C)(O)C1=CCCCCCC1)OC. The normalized spacial score (nSPS) is 21.6. The Balaban J connectivity index is 2.65. The Labute approximate surface area is 105 Å². The Bertz CT molecular complexity index is 242. The van der Waals surface area contributed by atoms with Crippen molar-refractivity contribution in [1.82, 2.24) is 0 Å². The van der Waals surface area contributed by atoms with Gasteiger partial charge >= 0.3 is 0 Å². The minimum absolute atomic E-state index is 0.337. The number of hydrogen-bond donors (Lipinski definition) is 1. The number of allylic oxidation sites excluding steroid dienone is 1. The van der Waals surface area contributed by atoms with Gasteiger partial charge in [0.2, 0.25) is 0 Å². The maximum absolute atomic E-state index is 10.6. The number of aliphatic hydroxyl groups is 1. The molecule has 1 aliphatic carbocycles. The maximum Gasteiger partial charge on any atom is 0.159 e. The lowest BCUT2D eigenvalue weighted by molar-refractivity contribution is -0.133. The molecule has 0 radical (unpaired) electrons. The first-order valence-electron chi connectivity index (χ1n) is 6.57. The fraction of sp³-hybridized carbons (Fsp3) is 0.857. The standard InChI is InChI=1S/C14H26O3/c1-14(15,11-13(16-2)17-3)12-9-7-5-4-6-8-10-12/h9,13,15H,4-8,10-11H2,1-3H3. The highest BCUT2D eigenvalue weighted by Gasteiger charge is 2.29. The Kier molecular flexibility index (Phi) is 6.17. The van der Waals surface area contributed by atoms with Gasteiger partial charge in [0, 0.05) is 20.6 Å². The van der Waals surface area contributed by atoms with Gasteiger partial charge in [0.15, 0.2) is 6.29 Å². The lowest BCUT2D eigenvalue weighted by Crippen LogP contribution is -2.34. The van der Waals surface area contributed by atoms with Crippen molar-refractivity contribution in [2.45, 2.75) is 63.8 Å². The zero-order valence-electron chi connectivity index (χ0n) is 11.4. The predicted octanol–water partition coefficient (Wildman–Crippen LogP) is 3.03. The van der Waals surface area contributed by atoms with E-state index in [0.29, 0.717) is 6.42 Å². The lowest BCUT2D eigenvalue weighted by Gasteiger charge is -2.30. The number of rotatable bonds is 5. The van der Waals surface area contributed by atoms with Crippen LogP contribution in [0.1, 0.15) is 51.9 Å². The van der Waals surface area contributed by atoms with Crippen LogP contribution in [0.4, 0.5) is 0 Å². The van der Waals surface area contributed by atoms with Crippen molar-refractivity contribution in [3.05, 3.63) is 11.6 Å². The molecule has 3 heteroatoms. The van der Waals surface area contributed by atoms with Crippen LogP contribution in [0.2, 0.25) is 0 Å². The molecule has 0 aromatic carbocycles. The van der Waals surface area contributed by atoms with Gasteiger partial charge in [-0.2, -0.15) is 0 Å². The van der Waals surface area contributed by atoms with E-state index in [0.717, 1.165) is 18.4 Å². The molecule has 0 amide bonds. The molecule has 17 heavy (non-hydrogen) atoms. The summed E-state index contributed by atoms with van der Waals surface area (Å²) >= 11 is 0. The Morgan fingerprint density at radius 2 is 1.88 bits per heavy atom. The van der Waals surface area contributed by atoms with Crippen LogP contribution in [-0.2, 0) is 9.47 Å². The van der Waals surface area contributed by atoms with E-state index in [-0.39, 0.29) is 6.29 Å². The monoisotopic (exact) mass is 242 g/mol. The van der Waals surface area contributed by atoms with Crippen LogP contribution >= 0.6 is 0 Å². The summed E-state index contributed by atoms with van der Waals surface area (Å²) < 4.78 is 10.3. The van der Waals surface area contributed by atoms with E-state index in [1.54, 1.807) is 14.2 Å². The van der Waals surface area contributed by atoms with Crippen molar-refractivity contribution in [2.24, 2.45) is 0 Å². The van der Waals surface area contributed by atoms with Crippen LogP contribution in [0.25, 0.3) is 0 Å². The molecule has 1 unspecified atom stereocenters. The molecule has 0 aliphatic heterocycles. The Morgan fingerprint density at radius 1 is 1.24 bits per heavy atom. The molecule has 1 rings (SSSR count). The van der Waals surface area contributed by atoms with Crippen LogP contribution in [0.15, 0.2) is 11.6 Å². The van der Waals surface area contributed by atoms with E-state index in [2.05, 4.69) is 6.08 Å². The number of hydrogen-bond acceptors (Lipinski definition) is 3. The maximum atomic E-state index is 10.6. The van der Waals surface area contributed by atoms with Gasteiger partial charge in [0.1, 0.15) is 0 Å². The van der Waals surface area contributed by atoms with Crippen molar-refractivity contribution in [2.75, 3.05) is 14.2 Å². The summed E-state index contributed by atoms with van der Waals surface area (Å²) in [6.07, 6.45) is 9.42. The summed E-state index contributed by atoms with van der Waals surface area (Å²) in [7, 11) is 3.22. The quantitative estimate of drug-likeness (QED) is 0.595. The van der Waals surface area contributed by atoms with Crippen molar-refractivity contribution in [3.63, 3.8) is 0 Å². The molecular formula is C14H26O3. The first-order chi connectivity index (χ1) is 8.10. The van der Waals surface area contributed by atoms with Crippen molar-refractivity contribution in [3.8, 4) is 0 Å². The van der Waals surface area contributed by atoms with Gasteiger partial charge < -0.3 is 14.6 Å². The smallest absolute Gasteiger partial charge is 0.159 e. The van der Waals surface area contributed by atoms with Crippen molar-refractivity contribution >= 4 is 0 Å². The van der Waals surface area contributed by atoms with Crippen LogP contribution in [0, 0.1) is 0 Å². The van der Waals surface area contributed by atoms with Gasteiger partial charge in [-0.25, -0.2) is 0 Å². The summed E-state index contributed by atoms with van der Waals surface area (Å²) in [5, 5.41) is 10.6. The Hall–Kier alpha value is -0.380. The van der Waals surface area contributed by atoms with Crippen LogP contribution < -0.4 is 0 Å². The summed E-state index contributed by atoms with van der Waals surface area (Å²) in [4.78, 5) is 0. The van der Waals surface area contributed by atoms with E-state index in [1.807, 2.05) is 6.92 Å². The zero-order valence-corrected chi connectivity index (χ0v) is 11.4. The molecule has 0 spiro atoms. The molecule has 1 N–H and O–H groups in total. The predicted molar refractivity (Wildman–Crippen MR) is 68.8 cm³/mol. The fourth-order valence-corrected chi connectivity index (χ4v) is 2.40. The average Bonchev–Trinajstić information content (AvgIpc) is 2.24. The van der Waals surface area contributed by atoms with Crippen molar-refractivity contribution < 1.29 is 14.6 Å². The van der Waals surface area contributed by atoms with Gasteiger partial charge in [0.25, 0.3) is 0 Å². The molecular weight excluding hydrogens is 216 g/mol. The van der Waals surface area contributed by atoms with E-state index in [1.165, 1.54) is 25.7 Å². The first kappa shape index (κ1) is 14.7. The molecule has 0 fully saturated rings. The van der Waals surface area contributed by atoms with Crippen molar-refractivity contribution in [1.29, 1.82) is 0 Å². The van der Waals surface area contributed by atoms with Gasteiger partial charge in [-0.1, -0.05) is 18.9 Å². The molecule has 0 saturated carbocycles. The fourth-order valence-electron chi connectivity index (χ4n) is 2.40. The molecule has 1 aliphatic rings. The molecule has 0 saturated heterocycles. The van der Waals surface area contributed by atoms with Gasteiger partial charge in [0.05, 0.1) is 5.60 Å². The van der Waals surface area contributed by atoms with Crippen LogP contribution in [0.3, 0.4) is 0 Å².